The molecule has 0 spiro atoms. The molecule has 9 heteroatoms. The van der Waals surface area contributed by atoms with Crippen molar-refractivity contribution in [3.63, 3.8) is 0 Å². The minimum Gasteiger partial charge on any atom is -0.372 e. The third kappa shape index (κ3) is 27.7. The SMILES string of the molecule is C=C.C=O.CC(CC1(C)CCCCC1)NC=O.CCC.CCNC.C[C@@H]1CCCC(=O)CP1c1ccccn1.NC=O. The van der Waals surface area contributed by atoms with Gasteiger partial charge in [0.25, 0.3) is 0 Å². The lowest BCUT2D eigenvalue weighted by molar-refractivity contribution is -0.116. The van der Waals surface area contributed by atoms with Gasteiger partial charge in [-0.2, -0.15) is 0 Å². The Morgan fingerprint density at radius 2 is 1.64 bits per heavy atom. The fourth-order valence-electron chi connectivity index (χ4n) is 4.53. The van der Waals surface area contributed by atoms with Crippen LogP contribution in [0.25, 0.3) is 0 Å². The van der Waals surface area contributed by atoms with Crippen molar-refractivity contribution in [3.05, 3.63) is 37.6 Å². The second-order valence-electron chi connectivity index (χ2n) is 10.4. The fourth-order valence-corrected chi connectivity index (χ4v) is 6.98. The molecule has 42 heavy (non-hydrogen) atoms. The number of amides is 2. The van der Waals surface area contributed by atoms with Gasteiger partial charge in [-0.15, -0.1) is 13.2 Å². The Bertz CT molecular complexity index is 730. The number of nitrogens with zero attached hydrogens (tertiary/aromatic N) is 1. The van der Waals surface area contributed by atoms with Gasteiger partial charge in [0, 0.05) is 24.8 Å². The standard InChI is InChI=1S/C12H16NOP.C11H21NO.C3H9N.C3H8.C2H4.CH3NO.CH2O/c1-10-5-4-6-11(14)9-15(10)12-7-2-3-8-13-12;1-10(12-9-13)8-11(2)6-4-3-5-7-11;1-3-4-2;1-3-2;1-2;2-1-3;1-2/h2-3,7-8,10H,4-6,9H2,1H3;9-10H,3-8H2,1-2H3,(H,12,13);4H,3H2,1-2H3;3H2,1-2H3;1-2H2;1H,(H2,2,3);1H2/t10-,15?;;;;;;/m1....../s1. The lowest BCUT2D eigenvalue weighted by atomic mass is 9.72. The molecule has 1 saturated carbocycles. The number of nitrogens with one attached hydrogen (secondary N) is 2. The highest BCUT2D eigenvalue weighted by Crippen LogP contribution is 2.44. The maximum Gasteiger partial charge on any atom is 0.207 e. The number of primary amides is 1. The molecule has 1 aliphatic heterocycles. The number of nitrogens with two attached hydrogens (primary N) is 1. The van der Waals surface area contributed by atoms with Crippen molar-refractivity contribution in [2.24, 2.45) is 11.1 Å². The Kier molecular flexibility index (Phi) is 38.5. The molecule has 244 valence electrons. The Morgan fingerprint density at radius 3 is 2.07 bits per heavy atom. The van der Waals surface area contributed by atoms with Crippen LogP contribution in [0, 0.1) is 5.41 Å². The predicted octanol–water partition coefficient (Wildman–Crippen LogP) is 6.17. The molecule has 1 aromatic heterocycles. The average Bonchev–Trinajstić information content (AvgIpc) is 3.17. The van der Waals surface area contributed by atoms with Crippen molar-refractivity contribution >= 4 is 38.7 Å². The summed E-state index contributed by atoms with van der Waals surface area (Å²) in [6.07, 6.45) is 15.8. The van der Waals surface area contributed by atoms with Crippen LogP contribution in [0.1, 0.15) is 106 Å². The molecule has 2 heterocycles. The summed E-state index contributed by atoms with van der Waals surface area (Å²) in [4.78, 5) is 42.8. The molecule has 4 N–H and O–H groups in total. The number of carbonyl (C=O) groups excluding carboxylic acids is 4. The summed E-state index contributed by atoms with van der Waals surface area (Å²) < 4.78 is 0. The molecule has 2 fully saturated rings. The van der Waals surface area contributed by atoms with E-state index < -0.39 is 0 Å². The summed E-state index contributed by atoms with van der Waals surface area (Å²) in [6.45, 7) is 22.1. The van der Waals surface area contributed by atoms with Crippen LogP contribution in [-0.2, 0) is 19.2 Å². The third-order valence-electron chi connectivity index (χ3n) is 6.47. The van der Waals surface area contributed by atoms with E-state index >= 15 is 0 Å². The third-order valence-corrected chi connectivity index (χ3v) is 9.33. The molecule has 2 amide bonds. The number of pyridine rings is 1. The number of Topliss-reactive ketones (excluding diaryl/α,β-unsaturated/α-hetero) is 1. The van der Waals surface area contributed by atoms with E-state index in [2.05, 4.69) is 82.1 Å². The first-order valence-corrected chi connectivity index (χ1v) is 16.8. The van der Waals surface area contributed by atoms with Crippen LogP contribution in [0.3, 0.4) is 0 Å². The van der Waals surface area contributed by atoms with Crippen LogP contribution in [0.5, 0.6) is 0 Å². The van der Waals surface area contributed by atoms with Crippen molar-refractivity contribution in [2.75, 3.05) is 19.8 Å². The quantitative estimate of drug-likeness (QED) is 0.201. The van der Waals surface area contributed by atoms with Gasteiger partial charge < -0.3 is 21.2 Å². The molecular weight excluding hydrogens is 547 g/mol. The van der Waals surface area contributed by atoms with Crippen LogP contribution >= 0.6 is 7.92 Å². The van der Waals surface area contributed by atoms with Crippen molar-refractivity contribution in [1.29, 1.82) is 0 Å². The van der Waals surface area contributed by atoms with Crippen molar-refractivity contribution in [3.8, 4) is 0 Å². The normalized spacial score (nSPS) is 18.7. The zero-order chi connectivity index (χ0) is 33.2. The summed E-state index contributed by atoms with van der Waals surface area (Å²) in [5.74, 6) is 0.427. The van der Waals surface area contributed by atoms with E-state index in [9.17, 15) is 9.59 Å². The highest BCUT2D eigenvalue weighted by Gasteiger charge is 2.28. The van der Waals surface area contributed by atoms with Gasteiger partial charge in [-0.3, -0.25) is 19.4 Å². The van der Waals surface area contributed by atoms with Crippen LogP contribution < -0.4 is 21.8 Å². The smallest absolute Gasteiger partial charge is 0.207 e. The molecule has 0 bridgehead atoms. The van der Waals surface area contributed by atoms with E-state index in [1.165, 1.54) is 44.9 Å². The van der Waals surface area contributed by atoms with E-state index in [-0.39, 0.29) is 14.3 Å². The van der Waals surface area contributed by atoms with E-state index in [0.717, 1.165) is 43.8 Å². The lowest BCUT2D eigenvalue weighted by Crippen LogP contribution is -2.32. The van der Waals surface area contributed by atoms with Gasteiger partial charge in [-0.05, 0) is 83.7 Å². The lowest BCUT2D eigenvalue weighted by Gasteiger charge is -2.35. The molecule has 3 atom stereocenters. The molecule has 1 aromatic rings. The molecule has 1 aliphatic carbocycles. The molecular formula is C33H63N4O4P. The topological polar surface area (TPSA) is 131 Å². The van der Waals surface area contributed by atoms with Crippen molar-refractivity contribution in [2.45, 2.75) is 117 Å². The van der Waals surface area contributed by atoms with Gasteiger partial charge in [0.15, 0.2) is 0 Å². The van der Waals surface area contributed by atoms with Crippen molar-refractivity contribution in [1.82, 2.24) is 15.6 Å². The number of hydrogen-bond donors (Lipinski definition) is 3. The Labute approximate surface area is 259 Å². The highest BCUT2D eigenvalue weighted by atomic mass is 31.1. The fraction of sp³-hybridized carbons (Fsp3) is 0.667. The van der Waals surface area contributed by atoms with E-state index in [1.54, 1.807) is 0 Å². The zero-order valence-electron chi connectivity index (χ0n) is 27.8. The first-order chi connectivity index (χ1) is 20.2. The maximum absolute atomic E-state index is 11.6. The Balaban J connectivity index is -0.000000242. The van der Waals surface area contributed by atoms with E-state index in [0.29, 0.717) is 22.9 Å². The number of aromatic nitrogens is 1. The van der Waals surface area contributed by atoms with Gasteiger partial charge in [-0.1, -0.05) is 66.4 Å². The largest absolute Gasteiger partial charge is 0.372 e. The predicted molar refractivity (Wildman–Crippen MR) is 183 cm³/mol. The van der Waals surface area contributed by atoms with Gasteiger partial charge >= 0.3 is 0 Å². The van der Waals surface area contributed by atoms with Gasteiger partial charge in [0.1, 0.15) is 12.6 Å². The second kappa shape index (κ2) is 34.8. The molecule has 3 rings (SSSR count). The monoisotopic (exact) mass is 610 g/mol. The minimum atomic E-state index is -0.355. The summed E-state index contributed by atoms with van der Waals surface area (Å²) in [6, 6.07) is 6.36. The zero-order valence-corrected chi connectivity index (χ0v) is 28.7. The minimum absolute atomic E-state index is 0.250. The number of ketones is 1. The molecule has 1 saturated heterocycles. The molecule has 2 aliphatic rings. The number of hydrogen-bond acceptors (Lipinski definition) is 6. The molecule has 8 nitrogen and oxygen atoms in total. The second-order valence-corrected chi connectivity index (χ2v) is 13.0. The molecule has 0 radical (unpaired) electrons. The van der Waals surface area contributed by atoms with Gasteiger partial charge in [0.2, 0.25) is 12.8 Å². The number of carbonyl (C=O) groups is 4. The van der Waals surface area contributed by atoms with Crippen LogP contribution in [-0.4, -0.2) is 61.8 Å². The van der Waals surface area contributed by atoms with E-state index in [1.807, 2.05) is 32.2 Å². The van der Waals surface area contributed by atoms with Crippen LogP contribution in [0.4, 0.5) is 0 Å². The average molecular weight is 611 g/mol. The van der Waals surface area contributed by atoms with Crippen LogP contribution in [0.2, 0.25) is 0 Å². The summed E-state index contributed by atoms with van der Waals surface area (Å²) in [7, 11) is 1.58. The number of rotatable bonds is 6. The van der Waals surface area contributed by atoms with Gasteiger partial charge in [-0.25, -0.2) is 0 Å². The van der Waals surface area contributed by atoms with Gasteiger partial charge in [0.05, 0.1) is 5.44 Å². The van der Waals surface area contributed by atoms with E-state index in [4.69, 9.17) is 9.59 Å². The van der Waals surface area contributed by atoms with Crippen LogP contribution in [0.15, 0.2) is 37.6 Å². The first kappa shape index (κ1) is 46.5. The summed E-state index contributed by atoms with van der Waals surface area (Å²) >= 11 is 0. The summed E-state index contributed by atoms with van der Waals surface area (Å²) in [5.41, 5.74) is 6.44. The molecule has 2 unspecified atom stereocenters. The highest BCUT2D eigenvalue weighted by molar-refractivity contribution is 7.66. The Hall–Kier alpha value is -2.44. The molecule has 0 aromatic carbocycles. The summed E-state index contributed by atoms with van der Waals surface area (Å²) in [5, 5.41) is 5.77. The first-order valence-electron chi connectivity index (χ1n) is 15.2. The van der Waals surface area contributed by atoms with Crippen molar-refractivity contribution < 1.29 is 19.2 Å². The maximum atomic E-state index is 11.6. The Morgan fingerprint density at radius 1 is 1.12 bits per heavy atom.